The van der Waals surface area contributed by atoms with Crippen molar-refractivity contribution in [3.63, 3.8) is 0 Å². The third-order valence-corrected chi connectivity index (χ3v) is 7.40. The molecule has 130 valence electrons. The first kappa shape index (κ1) is 16.1. The van der Waals surface area contributed by atoms with Gasteiger partial charge in [0.25, 0.3) is 0 Å². The highest BCUT2D eigenvalue weighted by molar-refractivity contribution is 5.40. The van der Waals surface area contributed by atoms with Gasteiger partial charge in [-0.15, -0.1) is 0 Å². The van der Waals surface area contributed by atoms with Crippen LogP contribution in [0.4, 0.5) is 0 Å². The summed E-state index contributed by atoms with van der Waals surface area (Å²) in [6.45, 7) is 13.9. The van der Waals surface area contributed by atoms with E-state index in [2.05, 4.69) is 36.6 Å². The van der Waals surface area contributed by atoms with Gasteiger partial charge in [0, 0.05) is 32.3 Å². The normalized spacial score (nSPS) is 32.1. The maximum absolute atomic E-state index is 4.77. The lowest BCUT2D eigenvalue weighted by atomic mass is 9.78. The Kier molecular flexibility index (Phi) is 3.76. The number of nitrogens with zero attached hydrogens (tertiary/aromatic N) is 3. The molecule has 2 bridgehead atoms. The van der Waals surface area contributed by atoms with Gasteiger partial charge in [0.05, 0.1) is 5.69 Å². The minimum absolute atomic E-state index is 0.495. The molecule has 0 unspecified atom stereocenters. The van der Waals surface area contributed by atoms with Crippen molar-refractivity contribution in [2.45, 2.75) is 58.4 Å². The largest absolute Gasteiger partial charge is 0.331 e. The monoisotopic (exact) mass is 325 g/mol. The van der Waals surface area contributed by atoms with Crippen molar-refractivity contribution >= 4 is 6.08 Å². The quantitative estimate of drug-likeness (QED) is 0.751. The van der Waals surface area contributed by atoms with Gasteiger partial charge >= 0.3 is 0 Å². The summed E-state index contributed by atoms with van der Waals surface area (Å²) in [6, 6.07) is 0. The van der Waals surface area contributed by atoms with E-state index in [9.17, 15) is 0 Å². The Morgan fingerprint density at radius 3 is 2.67 bits per heavy atom. The van der Waals surface area contributed by atoms with Gasteiger partial charge in [-0.1, -0.05) is 18.7 Å². The van der Waals surface area contributed by atoms with E-state index in [0.29, 0.717) is 10.8 Å². The molecule has 0 radical (unpaired) electrons. The fourth-order valence-corrected chi connectivity index (χ4v) is 5.62. The van der Waals surface area contributed by atoms with Crippen LogP contribution in [0.25, 0.3) is 6.08 Å². The van der Waals surface area contributed by atoms with Gasteiger partial charge in [-0.3, -0.25) is 4.90 Å². The summed E-state index contributed by atoms with van der Waals surface area (Å²) in [6.07, 6.45) is 11.4. The number of hydrogen-bond donors (Lipinski definition) is 0. The number of rotatable bonds is 5. The Hall–Kier alpha value is -1.35. The average molecular weight is 326 g/mol. The lowest BCUT2D eigenvalue weighted by Crippen LogP contribution is -2.34. The molecule has 2 heterocycles. The first-order valence-corrected chi connectivity index (χ1v) is 9.52. The summed E-state index contributed by atoms with van der Waals surface area (Å²) < 4.78 is 2.22. The maximum Gasteiger partial charge on any atom is 0.132 e. The third kappa shape index (κ3) is 2.40. The Bertz CT molecular complexity index is 674. The molecule has 0 saturated heterocycles. The molecule has 0 atom stereocenters. The van der Waals surface area contributed by atoms with E-state index in [-0.39, 0.29) is 0 Å². The lowest BCUT2D eigenvalue weighted by molar-refractivity contribution is 0.181. The van der Waals surface area contributed by atoms with E-state index in [4.69, 9.17) is 4.98 Å². The number of fused-ring (bicyclic) bond motifs is 3. The van der Waals surface area contributed by atoms with Crippen LogP contribution >= 0.6 is 0 Å². The number of allylic oxidation sites excluding steroid dienone is 1. The molecule has 1 aliphatic heterocycles. The second-order valence-electron chi connectivity index (χ2n) is 8.64. The molecule has 1 aromatic heterocycles. The molecule has 3 aliphatic rings. The predicted octanol–water partition coefficient (Wildman–Crippen LogP) is 4.34. The smallest absolute Gasteiger partial charge is 0.132 e. The van der Waals surface area contributed by atoms with E-state index in [1.165, 1.54) is 68.6 Å². The summed E-state index contributed by atoms with van der Waals surface area (Å²) in [5, 5.41) is 0. The molecule has 0 spiro atoms. The van der Waals surface area contributed by atoms with E-state index in [1.54, 1.807) is 0 Å². The number of imidazole rings is 1. The fourth-order valence-electron chi connectivity index (χ4n) is 5.62. The van der Waals surface area contributed by atoms with Crippen molar-refractivity contribution in [2.75, 3.05) is 13.1 Å². The van der Waals surface area contributed by atoms with Crippen molar-refractivity contribution < 1.29 is 0 Å². The fraction of sp³-hybridized carbons (Fsp3) is 0.667. The van der Waals surface area contributed by atoms with Crippen molar-refractivity contribution in [1.82, 2.24) is 14.5 Å². The SMILES string of the molecule is C=Cc1nc2c(n1C)CCN(CCC13CCC(C(=C)C)(CC1)C3)C2. The van der Waals surface area contributed by atoms with Crippen LogP contribution in [0.1, 0.15) is 62.7 Å². The van der Waals surface area contributed by atoms with Gasteiger partial charge in [-0.25, -0.2) is 4.98 Å². The number of hydrogen-bond acceptors (Lipinski definition) is 2. The minimum Gasteiger partial charge on any atom is -0.331 e. The zero-order chi connectivity index (χ0) is 16.9. The molecule has 0 N–H and O–H groups in total. The maximum atomic E-state index is 4.77. The summed E-state index contributed by atoms with van der Waals surface area (Å²) in [5.41, 5.74) is 5.22. The van der Waals surface area contributed by atoms with E-state index in [0.717, 1.165) is 18.8 Å². The number of aromatic nitrogens is 2. The van der Waals surface area contributed by atoms with Gasteiger partial charge in [0.2, 0.25) is 0 Å². The summed E-state index contributed by atoms with van der Waals surface area (Å²) in [7, 11) is 2.12. The van der Waals surface area contributed by atoms with Crippen LogP contribution in [0, 0.1) is 10.8 Å². The van der Waals surface area contributed by atoms with Gasteiger partial charge < -0.3 is 4.57 Å². The molecule has 2 aliphatic carbocycles. The Morgan fingerprint density at radius 1 is 1.29 bits per heavy atom. The zero-order valence-corrected chi connectivity index (χ0v) is 15.4. The summed E-state index contributed by atoms with van der Waals surface area (Å²) >= 11 is 0. The van der Waals surface area contributed by atoms with Gasteiger partial charge in [-0.05, 0) is 68.9 Å². The van der Waals surface area contributed by atoms with E-state index >= 15 is 0 Å². The summed E-state index contributed by atoms with van der Waals surface area (Å²) in [5.74, 6) is 1.01. The van der Waals surface area contributed by atoms with Gasteiger partial charge in [0.1, 0.15) is 5.82 Å². The molecule has 3 nitrogen and oxygen atoms in total. The minimum atomic E-state index is 0.495. The second kappa shape index (κ2) is 5.59. The highest BCUT2D eigenvalue weighted by Gasteiger charge is 2.53. The van der Waals surface area contributed by atoms with Crippen LogP contribution in [0.2, 0.25) is 0 Å². The van der Waals surface area contributed by atoms with E-state index in [1.807, 2.05) is 6.08 Å². The highest BCUT2D eigenvalue weighted by Crippen LogP contribution is 2.65. The highest BCUT2D eigenvalue weighted by atomic mass is 15.2. The molecule has 0 aromatic carbocycles. The molecule has 2 saturated carbocycles. The van der Waals surface area contributed by atoms with Crippen LogP contribution in [0.5, 0.6) is 0 Å². The Labute approximate surface area is 146 Å². The topological polar surface area (TPSA) is 21.1 Å². The van der Waals surface area contributed by atoms with Crippen LogP contribution in [0.15, 0.2) is 18.7 Å². The lowest BCUT2D eigenvalue weighted by Gasteiger charge is -2.32. The van der Waals surface area contributed by atoms with Crippen LogP contribution in [0.3, 0.4) is 0 Å². The van der Waals surface area contributed by atoms with Crippen molar-refractivity contribution in [1.29, 1.82) is 0 Å². The van der Waals surface area contributed by atoms with Crippen molar-refractivity contribution in [3.8, 4) is 0 Å². The molecule has 4 rings (SSSR count). The first-order chi connectivity index (χ1) is 11.5. The third-order valence-electron chi connectivity index (χ3n) is 7.40. The second-order valence-corrected chi connectivity index (χ2v) is 8.64. The van der Waals surface area contributed by atoms with Crippen molar-refractivity contribution in [2.24, 2.45) is 17.9 Å². The molecule has 0 amide bonds. The van der Waals surface area contributed by atoms with Crippen LogP contribution in [-0.4, -0.2) is 27.5 Å². The molecular formula is C21H31N3. The molecule has 24 heavy (non-hydrogen) atoms. The Balaban J connectivity index is 1.40. The molecule has 3 heteroatoms. The van der Waals surface area contributed by atoms with Gasteiger partial charge in [-0.2, -0.15) is 0 Å². The summed E-state index contributed by atoms with van der Waals surface area (Å²) in [4.78, 5) is 7.39. The standard InChI is InChI=1S/C21H31N3/c1-5-19-22-17-14-24(12-6-18(17)23(19)4)13-11-20-7-9-21(15-20,10-8-20)16(2)3/h5H,1-2,6-15H2,3-4H3. The van der Waals surface area contributed by atoms with Crippen molar-refractivity contribution in [3.05, 3.63) is 35.9 Å². The Morgan fingerprint density at radius 2 is 2.04 bits per heavy atom. The van der Waals surface area contributed by atoms with Crippen LogP contribution in [-0.2, 0) is 20.0 Å². The molecular weight excluding hydrogens is 294 g/mol. The predicted molar refractivity (Wildman–Crippen MR) is 99.7 cm³/mol. The molecule has 1 aromatic rings. The molecule has 2 fully saturated rings. The average Bonchev–Trinajstić information content (AvgIpc) is 3.24. The van der Waals surface area contributed by atoms with Crippen LogP contribution < -0.4 is 0 Å². The van der Waals surface area contributed by atoms with Gasteiger partial charge in [0.15, 0.2) is 0 Å². The first-order valence-electron chi connectivity index (χ1n) is 9.52. The van der Waals surface area contributed by atoms with E-state index < -0.39 is 0 Å². The zero-order valence-electron chi connectivity index (χ0n) is 15.4.